The Morgan fingerprint density at radius 3 is 3.08 bits per heavy atom. The van der Waals surface area contributed by atoms with Crippen LogP contribution in [0.1, 0.15) is 19.8 Å². The lowest BCUT2D eigenvalue weighted by atomic mass is 9.97. The lowest BCUT2D eigenvalue weighted by Gasteiger charge is -2.20. The maximum atomic E-state index is 5.33. The molecule has 0 amide bonds. The van der Waals surface area contributed by atoms with Crippen LogP contribution in [-0.4, -0.2) is 25.8 Å². The summed E-state index contributed by atoms with van der Waals surface area (Å²) in [6.07, 6.45) is 7.50. The zero-order valence-electron chi connectivity index (χ0n) is 7.68. The van der Waals surface area contributed by atoms with E-state index in [-0.39, 0.29) is 0 Å². The monoisotopic (exact) mass is 167 g/mol. The van der Waals surface area contributed by atoms with Gasteiger partial charge in [0.25, 0.3) is 0 Å². The molecule has 1 rings (SSSR count). The number of ether oxygens (including phenoxy) is 1. The molecule has 1 fully saturated rings. The fraction of sp³-hybridized carbons (Fsp3) is 0.800. The maximum absolute atomic E-state index is 5.33. The first kappa shape index (κ1) is 9.57. The quantitative estimate of drug-likeness (QED) is 0.631. The van der Waals surface area contributed by atoms with Gasteiger partial charge < -0.3 is 10.1 Å². The molecule has 0 spiro atoms. The second kappa shape index (κ2) is 5.18. The minimum atomic E-state index is 0.545. The maximum Gasteiger partial charge on any atom is 0.0576 e. The molecular weight excluding hydrogens is 150 g/mol. The molecule has 1 saturated heterocycles. The van der Waals surface area contributed by atoms with Crippen molar-refractivity contribution >= 4 is 0 Å². The summed E-state index contributed by atoms with van der Waals surface area (Å²) in [5.41, 5.74) is 0. The molecule has 0 aromatic rings. The molecule has 1 aliphatic heterocycles. The fourth-order valence-corrected chi connectivity index (χ4v) is 1.70. The summed E-state index contributed by atoms with van der Waals surface area (Å²) >= 11 is 0. The topological polar surface area (TPSA) is 21.3 Å². The average Bonchev–Trinajstić information content (AvgIpc) is 2.59. The van der Waals surface area contributed by atoms with Crippen LogP contribution in [0.25, 0.3) is 0 Å². The van der Waals surface area contributed by atoms with Crippen molar-refractivity contribution in [1.82, 2.24) is 5.32 Å². The van der Waals surface area contributed by atoms with E-state index in [9.17, 15) is 0 Å². The summed E-state index contributed by atoms with van der Waals surface area (Å²) in [5, 5.41) is 3.34. The van der Waals surface area contributed by atoms with E-state index in [0.29, 0.717) is 18.5 Å². The van der Waals surface area contributed by atoms with E-state index in [2.05, 4.69) is 18.2 Å². The Balaban J connectivity index is 2.28. The van der Waals surface area contributed by atoms with Gasteiger partial charge in [0.1, 0.15) is 0 Å². The van der Waals surface area contributed by atoms with Gasteiger partial charge in [-0.1, -0.05) is 12.8 Å². The molecule has 68 valence electrons. The number of hydrogen-bond acceptors (Lipinski definition) is 2. The standard InChI is InChI=1S/C10H17NO/c1-3-6-11-10(4-2)9-5-7-12-8-9/h1,9-11H,4-8H2,2H3. The van der Waals surface area contributed by atoms with E-state index in [4.69, 9.17) is 11.2 Å². The molecule has 0 aromatic carbocycles. The Bertz CT molecular complexity index is 156. The zero-order valence-corrected chi connectivity index (χ0v) is 7.68. The molecule has 2 nitrogen and oxygen atoms in total. The van der Waals surface area contributed by atoms with Crippen LogP contribution >= 0.6 is 0 Å². The summed E-state index contributed by atoms with van der Waals surface area (Å²) in [5.74, 6) is 3.27. The number of terminal acetylenes is 1. The second-order valence-corrected chi connectivity index (χ2v) is 3.22. The molecule has 1 N–H and O–H groups in total. The summed E-state index contributed by atoms with van der Waals surface area (Å²) in [7, 11) is 0. The fourth-order valence-electron chi connectivity index (χ4n) is 1.70. The number of rotatable bonds is 4. The van der Waals surface area contributed by atoms with Crippen molar-refractivity contribution in [2.45, 2.75) is 25.8 Å². The minimum Gasteiger partial charge on any atom is -0.381 e. The van der Waals surface area contributed by atoms with Crippen LogP contribution in [0.5, 0.6) is 0 Å². The Hall–Kier alpha value is -0.520. The lowest BCUT2D eigenvalue weighted by Crippen LogP contribution is -2.36. The molecule has 12 heavy (non-hydrogen) atoms. The van der Waals surface area contributed by atoms with Gasteiger partial charge in [0, 0.05) is 12.6 Å². The van der Waals surface area contributed by atoms with Gasteiger partial charge in [0.05, 0.1) is 13.2 Å². The van der Waals surface area contributed by atoms with Crippen LogP contribution in [0, 0.1) is 18.3 Å². The minimum absolute atomic E-state index is 0.545. The molecule has 1 aliphatic rings. The first-order valence-electron chi connectivity index (χ1n) is 4.63. The molecule has 2 unspecified atom stereocenters. The van der Waals surface area contributed by atoms with Gasteiger partial charge in [-0.05, 0) is 18.8 Å². The van der Waals surface area contributed by atoms with Crippen molar-refractivity contribution in [2.75, 3.05) is 19.8 Å². The molecule has 2 heteroatoms. The number of hydrogen-bond donors (Lipinski definition) is 1. The molecule has 0 radical (unpaired) electrons. The van der Waals surface area contributed by atoms with Gasteiger partial charge in [-0.3, -0.25) is 0 Å². The highest BCUT2D eigenvalue weighted by Gasteiger charge is 2.23. The van der Waals surface area contributed by atoms with Crippen LogP contribution in [0.2, 0.25) is 0 Å². The predicted molar refractivity (Wildman–Crippen MR) is 49.8 cm³/mol. The lowest BCUT2D eigenvalue weighted by molar-refractivity contribution is 0.176. The van der Waals surface area contributed by atoms with E-state index in [1.807, 2.05) is 0 Å². The second-order valence-electron chi connectivity index (χ2n) is 3.22. The summed E-state index contributed by atoms with van der Waals surface area (Å²) in [6.45, 7) is 4.68. The Morgan fingerprint density at radius 1 is 1.75 bits per heavy atom. The summed E-state index contributed by atoms with van der Waals surface area (Å²) < 4.78 is 5.33. The highest BCUT2D eigenvalue weighted by Crippen LogP contribution is 2.18. The van der Waals surface area contributed by atoms with Gasteiger partial charge in [0.2, 0.25) is 0 Å². The van der Waals surface area contributed by atoms with Crippen LogP contribution in [0.15, 0.2) is 0 Å². The van der Waals surface area contributed by atoms with Gasteiger partial charge in [-0.15, -0.1) is 6.42 Å². The normalized spacial score (nSPS) is 25.2. The van der Waals surface area contributed by atoms with Gasteiger partial charge >= 0.3 is 0 Å². The molecule has 0 aromatic heterocycles. The van der Waals surface area contributed by atoms with E-state index in [1.54, 1.807) is 0 Å². The van der Waals surface area contributed by atoms with Crippen LogP contribution in [0.4, 0.5) is 0 Å². The van der Waals surface area contributed by atoms with Crippen LogP contribution < -0.4 is 5.32 Å². The molecule has 0 saturated carbocycles. The van der Waals surface area contributed by atoms with E-state index < -0.39 is 0 Å². The zero-order chi connectivity index (χ0) is 8.81. The third-order valence-corrected chi connectivity index (χ3v) is 2.44. The van der Waals surface area contributed by atoms with Gasteiger partial charge in [-0.2, -0.15) is 0 Å². The molecule has 0 aliphatic carbocycles. The van der Waals surface area contributed by atoms with Crippen LogP contribution in [-0.2, 0) is 4.74 Å². The first-order chi connectivity index (χ1) is 5.88. The van der Waals surface area contributed by atoms with Crippen LogP contribution in [0.3, 0.4) is 0 Å². The van der Waals surface area contributed by atoms with Crippen molar-refractivity contribution in [3.8, 4) is 12.3 Å². The summed E-state index contributed by atoms with van der Waals surface area (Å²) in [6, 6.07) is 0.545. The summed E-state index contributed by atoms with van der Waals surface area (Å²) in [4.78, 5) is 0. The highest BCUT2D eigenvalue weighted by atomic mass is 16.5. The predicted octanol–water partition coefficient (Wildman–Crippen LogP) is 1.02. The Labute approximate surface area is 74.7 Å². The number of nitrogens with one attached hydrogen (secondary N) is 1. The largest absolute Gasteiger partial charge is 0.381 e. The Kier molecular flexibility index (Phi) is 4.13. The third kappa shape index (κ3) is 2.51. The van der Waals surface area contributed by atoms with Crippen molar-refractivity contribution in [2.24, 2.45) is 5.92 Å². The molecule has 2 atom stereocenters. The smallest absolute Gasteiger partial charge is 0.0576 e. The van der Waals surface area contributed by atoms with E-state index in [0.717, 1.165) is 19.6 Å². The highest BCUT2D eigenvalue weighted by molar-refractivity contribution is 4.89. The van der Waals surface area contributed by atoms with E-state index in [1.165, 1.54) is 6.42 Å². The van der Waals surface area contributed by atoms with Crippen molar-refractivity contribution in [3.05, 3.63) is 0 Å². The third-order valence-electron chi connectivity index (χ3n) is 2.44. The van der Waals surface area contributed by atoms with Crippen molar-refractivity contribution in [3.63, 3.8) is 0 Å². The SMILES string of the molecule is C#CCNC(CC)C1CCOC1. The average molecular weight is 167 g/mol. The van der Waals surface area contributed by atoms with Crippen molar-refractivity contribution < 1.29 is 4.74 Å². The molecule has 0 bridgehead atoms. The first-order valence-corrected chi connectivity index (χ1v) is 4.63. The van der Waals surface area contributed by atoms with Crippen molar-refractivity contribution in [1.29, 1.82) is 0 Å². The van der Waals surface area contributed by atoms with E-state index >= 15 is 0 Å². The van der Waals surface area contributed by atoms with Gasteiger partial charge in [-0.25, -0.2) is 0 Å². The molecular formula is C10H17NO. The Morgan fingerprint density at radius 2 is 2.58 bits per heavy atom. The molecule has 1 heterocycles. The van der Waals surface area contributed by atoms with Gasteiger partial charge in [0.15, 0.2) is 0 Å².